The Bertz CT molecular complexity index is 560. The minimum absolute atomic E-state index is 0.208. The van der Waals surface area contributed by atoms with E-state index in [1.54, 1.807) is 0 Å². The molecule has 19 heavy (non-hydrogen) atoms. The lowest BCUT2D eigenvalue weighted by Gasteiger charge is -2.15. The highest BCUT2D eigenvalue weighted by Gasteiger charge is 2.08. The van der Waals surface area contributed by atoms with Crippen LogP contribution in [0.3, 0.4) is 0 Å². The van der Waals surface area contributed by atoms with Crippen LogP contribution >= 0.6 is 0 Å². The van der Waals surface area contributed by atoms with Crippen LogP contribution in [0.25, 0.3) is 0 Å². The van der Waals surface area contributed by atoms with Gasteiger partial charge in [-0.1, -0.05) is 37.3 Å². The van der Waals surface area contributed by atoms with E-state index in [0.717, 1.165) is 23.6 Å². The molecule has 0 bridgehead atoms. The Kier molecular flexibility index (Phi) is 4.41. The van der Waals surface area contributed by atoms with Gasteiger partial charge in [-0.15, -0.1) is 0 Å². The van der Waals surface area contributed by atoms with Crippen LogP contribution in [0, 0.1) is 11.3 Å². The average molecular weight is 252 g/mol. The number of rotatable bonds is 5. The van der Waals surface area contributed by atoms with Gasteiger partial charge in [0.2, 0.25) is 0 Å². The predicted octanol–water partition coefficient (Wildman–Crippen LogP) is 4.19. The lowest BCUT2D eigenvalue weighted by atomic mass is 10.2. The van der Waals surface area contributed by atoms with Crippen LogP contribution < -0.4 is 10.1 Å². The highest BCUT2D eigenvalue weighted by Crippen LogP contribution is 2.29. The van der Waals surface area contributed by atoms with E-state index < -0.39 is 0 Å². The quantitative estimate of drug-likeness (QED) is 0.867. The normalized spacial score (nSPS) is 11.4. The molecule has 3 heteroatoms. The van der Waals surface area contributed by atoms with E-state index in [2.05, 4.69) is 11.4 Å². The van der Waals surface area contributed by atoms with Crippen LogP contribution in [0.15, 0.2) is 54.6 Å². The SMILES string of the molecule is CCC(C#N)Nc1ccccc1Oc1ccccc1. The number of nitrogens with one attached hydrogen (secondary N) is 1. The smallest absolute Gasteiger partial charge is 0.150 e. The zero-order chi connectivity index (χ0) is 13.5. The number of nitrogens with zero attached hydrogens (tertiary/aromatic N) is 1. The lowest BCUT2D eigenvalue weighted by Crippen LogP contribution is -2.16. The Balaban J connectivity index is 2.19. The molecule has 0 spiro atoms. The van der Waals surface area contributed by atoms with Gasteiger partial charge in [0, 0.05) is 0 Å². The van der Waals surface area contributed by atoms with Crippen LogP contribution in [-0.4, -0.2) is 6.04 Å². The van der Waals surface area contributed by atoms with Gasteiger partial charge in [0.15, 0.2) is 5.75 Å². The van der Waals surface area contributed by atoms with Crippen molar-refractivity contribution in [3.63, 3.8) is 0 Å². The molecule has 1 atom stereocenters. The van der Waals surface area contributed by atoms with Crippen molar-refractivity contribution in [2.75, 3.05) is 5.32 Å². The van der Waals surface area contributed by atoms with E-state index in [1.165, 1.54) is 0 Å². The van der Waals surface area contributed by atoms with Gasteiger partial charge in [-0.3, -0.25) is 0 Å². The van der Waals surface area contributed by atoms with Gasteiger partial charge in [-0.05, 0) is 30.7 Å². The van der Waals surface area contributed by atoms with Crippen molar-refractivity contribution >= 4 is 5.69 Å². The zero-order valence-corrected chi connectivity index (χ0v) is 10.8. The summed E-state index contributed by atoms with van der Waals surface area (Å²) in [5.41, 5.74) is 0.833. The fourth-order valence-electron chi connectivity index (χ4n) is 1.70. The summed E-state index contributed by atoms with van der Waals surface area (Å²) < 4.78 is 5.83. The van der Waals surface area contributed by atoms with Crippen LogP contribution in [0.2, 0.25) is 0 Å². The zero-order valence-electron chi connectivity index (χ0n) is 10.8. The van der Waals surface area contributed by atoms with Crippen LogP contribution in [0.1, 0.15) is 13.3 Å². The molecule has 3 nitrogen and oxygen atoms in total. The molecule has 0 aromatic heterocycles. The van der Waals surface area contributed by atoms with E-state index in [0.29, 0.717) is 0 Å². The van der Waals surface area contributed by atoms with Crippen molar-refractivity contribution < 1.29 is 4.74 Å². The molecule has 0 saturated carbocycles. The molecule has 0 radical (unpaired) electrons. The molecule has 0 fully saturated rings. The summed E-state index contributed by atoms with van der Waals surface area (Å²) in [5, 5.41) is 12.2. The third kappa shape index (κ3) is 3.49. The summed E-state index contributed by atoms with van der Waals surface area (Å²) in [6.07, 6.45) is 0.746. The molecule has 0 aliphatic rings. The number of hydrogen-bond acceptors (Lipinski definition) is 3. The fraction of sp³-hybridized carbons (Fsp3) is 0.188. The molecule has 96 valence electrons. The number of ether oxygens (including phenoxy) is 1. The first kappa shape index (κ1) is 13.0. The fourth-order valence-corrected chi connectivity index (χ4v) is 1.70. The lowest BCUT2D eigenvalue weighted by molar-refractivity contribution is 0.484. The van der Waals surface area contributed by atoms with E-state index >= 15 is 0 Å². The minimum atomic E-state index is -0.208. The first-order valence-electron chi connectivity index (χ1n) is 6.31. The highest BCUT2D eigenvalue weighted by atomic mass is 16.5. The summed E-state index contributed by atoms with van der Waals surface area (Å²) in [6, 6.07) is 19.3. The van der Waals surface area contributed by atoms with E-state index in [-0.39, 0.29) is 6.04 Å². The Labute approximate surface area is 113 Å². The number of anilines is 1. The Hall–Kier alpha value is -2.47. The second kappa shape index (κ2) is 6.46. The predicted molar refractivity (Wildman–Crippen MR) is 76.3 cm³/mol. The summed E-state index contributed by atoms with van der Waals surface area (Å²) in [4.78, 5) is 0. The number of para-hydroxylation sites is 3. The molecule has 0 amide bonds. The summed E-state index contributed by atoms with van der Waals surface area (Å²) in [7, 11) is 0. The van der Waals surface area contributed by atoms with Crippen molar-refractivity contribution in [2.24, 2.45) is 0 Å². The summed E-state index contributed by atoms with van der Waals surface area (Å²) in [6.45, 7) is 1.97. The van der Waals surface area contributed by atoms with Crippen LogP contribution in [-0.2, 0) is 0 Å². The maximum atomic E-state index is 9.01. The average Bonchev–Trinajstić information content (AvgIpc) is 2.47. The monoisotopic (exact) mass is 252 g/mol. The first-order chi connectivity index (χ1) is 9.33. The van der Waals surface area contributed by atoms with Gasteiger partial charge in [-0.25, -0.2) is 0 Å². The molecule has 2 aromatic carbocycles. The molecular formula is C16H16N2O. The molecule has 2 rings (SSSR count). The minimum Gasteiger partial charge on any atom is -0.455 e. The Morgan fingerprint density at radius 3 is 2.47 bits per heavy atom. The molecule has 1 unspecified atom stereocenters. The maximum Gasteiger partial charge on any atom is 0.150 e. The molecular weight excluding hydrogens is 236 g/mol. The molecule has 2 aromatic rings. The summed E-state index contributed by atoms with van der Waals surface area (Å²) >= 11 is 0. The Morgan fingerprint density at radius 2 is 1.79 bits per heavy atom. The molecule has 0 aliphatic carbocycles. The van der Waals surface area contributed by atoms with Gasteiger partial charge in [0.05, 0.1) is 11.8 Å². The highest BCUT2D eigenvalue weighted by molar-refractivity contribution is 5.58. The van der Waals surface area contributed by atoms with E-state index in [9.17, 15) is 0 Å². The Morgan fingerprint density at radius 1 is 1.11 bits per heavy atom. The third-order valence-electron chi connectivity index (χ3n) is 2.75. The number of nitriles is 1. The molecule has 0 aliphatic heterocycles. The van der Waals surface area contributed by atoms with Gasteiger partial charge in [-0.2, -0.15) is 5.26 Å². The number of hydrogen-bond donors (Lipinski definition) is 1. The van der Waals surface area contributed by atoms with E-state index in [4.69, 9.17) is 10.00 Å². The van der Waals surface area contributed by atoms with Gasteiger partial charge >= 0.3 is 0 Å². The van der Waals surface area contributed by atoms with Gasteiger partial charge in [0.25, 0.3) is 0 Å². The standard InChI is InChI=1S/C16H16N2O/c1-2-13(12-17)18-15-10-6-7-11-16(15)19-14-8-4-3-5-9-14/h3-11,13,18H,2H2,1H3. The van der Waals surface area contributed by atoms with Crippen LogP contribution in [0.4, 0.5) is 5.69 Å². The molecule has 1 N–H and O–H groups in total. The topological polar surface area (TPSA) is 45.0 Å². The van der Waals surface area contributed by atoms with Crippen molar-refractivity contribution in [2.45, 2.75) is 19.4 Å². The number of benzene rings is 2. The maximum absolute atomic E-state index is 9.01. The van der Waals surface area contributed by atoms with Gasteiger partial charge in [0.1, 0.15) is 11.8 Å². The first-order valence-corrected chi connectivity index (χ1v) is 6.31. The second-order valence-corrected chi connectivity index (χ2v) is 4.15. The van der Waals surface area contributed by atoms with Crippen LogP contribution in [0.5, 0.6) is 11.5 Å². The van der Waals surface area contributed by atoms with Crippen molar-refractivity contribution in [1.29, 1.82) is 5.26 Å². The van der Waals surface area contributed by atoms with Crippen molar-refractivity contribution in [3.8, 4) is 17.6 Å². The summed E-state index contributed by atoms with van der Waals surface area (Å²) in [5.74, 6) is 1.50. The van der Waals surface area contributed by atoms with Gasteiger partial charge < -0.3 is 10.1 Å². The van der Waals surface area contributed by atoms with Crippen molar-refractivity contribution in [1.82, 2.24) is 0 Å². The molecule has 0 saturated heterocycles. The third-order valence-corrected chi connectivity index (χ3v) is 2.75. The second-order valence-electron chi connectivity index (χ2n) is 4.15. The van der Waals surface area contributed by atoms with E-state index in [1.807, 2.05) is 61.5 Å². The molecule has 0 heterocycles. The largest absolute Gasteiger partial charge is 0.455 e. The van der Waals surface area contributed by atoms with Crippen molar-refractivity contribution in [3.05, 3.63) is 54.6 Å².